The van der Waals surface area contributed by atoms with Crippen LogP contribution in [0.5, 0.6) is 5.75 Å². The Morgan fingerprint density at radius 2 is 2.16 bits per heavy atom. The average molecular weight is 261 g/mol. The maximum Gasteiger partial charge on any atom is 0.234 e. The van der Waals surface area contributed by atoms with Gasteiger partial charge in [-0.25, -0.2) is 0 Å². The molecular formula is C14H19N3O2. The highest BCUT2D eigenvalue weighted by Gasteiger charge is 2.25. The van der Waals surface area contributed by atoms with Crippen molar-refractivity contribution < 1.29 is 9.53 Å². The Labute approximate surface area is 112 Å². The number of carbonyl (C=O) groups excluding carboxylic acids is 1. The maximum absolute atomic E-state index is 12.0. The third-order valence-electron chi connectivity index (χ3n) is 3.61. The van der Waals surface area contributed by atoms with Crippen molar-refractivity contribution in [2.24, 2.45) is 0 Å². The topological polar surface area (TPSA) is 53.6 Å². The SMILES string of the molecule is O=C(CN1CCNCC1)NC1COc2ccccc21. The molecule has 1 unspecified atom stereocenters. The standard InChI is InChI=1S/C14H19N3O2/c18-14(9-17-7-5-15-6-8-17)16-12-10-19-13-4-2-1-3-11(12)13/h1-4,12,15H,5-10H2,(H,16,18). The third-order valence-corrected chi connectivity index (χ3v) is 3.61. The van der Waals surface area contributed by atoms with Crippen molar-refractivity contribution in [3.05, 3.63) is 29.8 Å². The van der Waals surface area contributed by atoms with Gasteiger partial charge in [-0.2, -0.15) is 0 Å². The number of hydrogen-bond donors (Lipinski definition) is 2. The van der Waals surface area contributed by atoms with Crippen LogP contribution in [0.15, 0.2) is 24.3 Å². The molecule has 1 saturated heterocycles. The van der Waals surface area contributed by atoms with Gasteiger partial charge < -0.3 is 15.4 Å². The van der Waals surface area contributed by atoms with Crippen LogP contribution < -0.4 is 15.4 Å². The van der Waals surface area contributed by atoms with E-state index in [1.807, 2.05) is 24.3 Å². The van der Waals surface area contributed by atoms with Gasteiger partial charge in [-0.05, 0) is 6.07 Å². The zero-order valence-corrected chi connectivity index (χ0v) is 10.9. The second-order valence-electron chi connectivity index (χ2n) is 5.00. The molecule has 2 heterocycles. The highest BCUT2D eigenvalue weighted by atomic mass is 16.5. The monoisotopic (exact) mass is 261 g/mol. The Morgan fingerprint density at radius 3 is 3.00 bits per heavy atom. The number of piperazine rings is 1. The zero-order chi connectivity index (χ0) is 13.1. The van der Waals surface area contributed by atoms with Crippen molar-refractivity contribution in [1.29, 1.82) is 0 Å². The molecule has 2 N–H and O–H groups in total. The minimum atomic E-state index is -0.00776. The molecule has 0 bridgehead atoms. The van der Waals surface area contributed by atoms with Gasteiger partial charge in [0.2, 0.25) is 5.91 Å². The van der Waals surface area contributed by atoms with Crippen molar-refractivity contribution in [2.75, 3.05) is 39.3 Å². The van der Waals surface area contributed by atoms with E-state index in [1.54, 1.807) is 0 Å². The van der Waals surface area contributed by atoms with Gasteiger partial charge in [0, 0.05) is 31.7 Å². The largest absolute Gasteiger partial charge is 0.491 e. The fourth-order valence-corrected chi connectivity index (χ4v) is 2.59. The first kappa shape index (κ1) is 12.4. The van der Waals surface area contributed by atoms with Gasteiger partial charge in [0.1, 0.15) is 12.4 Å². The number of ether oxygens (including phenoxy) is 1. The summed E-state index contributed by atoms with van der Waals surface area (Å²) in [5, 5.41) is 6.34. The van der Waals surface area contributed by atoms with E-state index in [2.05, 4.69) is 15.5 Å². The fourth-order valence-electron chi connectivity index (χ4n) is 2.59. The smallest absolute Gasteiger partial charge is 0.234 e. The Hall–Kier alpha value is -1.59. The number of hydrogen-bond acceptors (Lipinski definition) is 4. The van der Waals surface area contributed by atoms with E-state index in [-0.39, 0.29) is 11.9 Å². The van der Waals surface area contributed by atoms with Gasteiger partial charge in [0.25, 0.3) is 0 Å². The van der Waals surface area contributed by atoms with Crippen molar-refractivity contribution in [3.8, 4) is 5.75 Å². The molecule has 3 rings (SSSR count). The summed E-state index contributed by atoms with van der Waals surface area (Å²) in [7, 11) is 0. The van der Waals surface area contributed by atoms with E-state index in [0.29, 0.717) is 13.2 Å². The summed E-state index contributed by atoms with van der Waals surface area (Å²) in [6.45, 7) is 4.80. The molecule has 1 fully saturated rings. The van der Waals surface area contributed by atoms with Crippen molar-refractivity contribution in [3.63, 3.8) is 0 Å². The van der Waals surface area contributed by atoms with Crippen LogP contribution in [0.25, 0.3) is 0 Å². The summed E-state index contributed by atoms with van der Waals surface area (Å²) in [4.78, 5) is 14.2. The maximum atomic E-state index is 12.0. The minimum Gasteiger partial charge on any atom is -0.491 e. The highest BCUT2D eigenvalue weighted by molar-refractivity contribution is 5.78. The molecule has 102 valence electrons. The number of rotatable bonds is 3. The molecule has 19 heavy (non-hydrogen) atoms. The van der Waals surface area contributed by atoms with Crippen LogP contribution in [0, 0.1) is 0 Å². The van der Waals surface area contributed by atoms with Crippen LogP contribution in [0.1, 0.15) is 11.6 Å². The number of nitrogens with one attached hydrogen (secondary N) is 2. The van der Waals surface area contributed by atoms with Crippen molar-refractivity contribution in [2.45, 2.75) is 6.04 Å². The fraction of sp³-hybridized carbons (Fsp3) is 0.500. The summed E-state index contributed by atoms with van der Waals surface area (Å²) < 4.78 is 5.56. The van der Waals surface area contributed by atoms with E-state index in [0.717, 1.165) is 37.5 Å². The van der Waals surface area contributed by atoms with Crippen molar-refractivity contribution >= 4 is 5.91 Å². The third kappa shape index (κ3) is 2.88. The van der Waals surface area contributed by atoms with E-state index >= 15 is 0 Å². The first-order valence-corrected chi connectivity index (χ1v) is 6.77. The number of amides is 1. The molecule has 2 aliphatic rings. The van der Waals surface area contributed by atoms with E-state index in [4.69, 9.17) is 4.74 Å². The molecule has 0 spiro atoms. The predicted molar refractivity (Wildman–Crippen MR) is 72.1 cm³/mol. The van der Waals surface area contributed by atoms with Gasteiger partial charge in [-0.1, -0.05) is 18.2 Å². The average Bonchev–Trinajstić information content (AvgIpc) is 2.83. The summed E-state index contributed by atoms with van der Waals surface area (Å²) in [5.74, 6) is 0.960. The van der Waals surface area contributed by atoms with Crippen LogP contribution in [0.2, 0.25) is 0 Å². The first-order valence-electron chi connectivity index (χ1n) is 6.77. The lowest BCUT2D eigenvalue weighted by atomic mass is 10.1. The first-order chi connectivity index (χ1) is 9.33. The summed E-state index contributed by atoms with van der Waals surface area (Å²) in [6.07, 6.45) is 0. The van der Waals surface area contributed by atoms with E-state index in [1.165, 1.54) is 0 Å². The molecule has 0 aromatic heterocycles. The number of carbonyl (C=O) groups is 1. The van der Waals surface area contributed by atoms with Gasteiger partial charge in [0.05, 0.1) is 12.6 Å². The lowest BCUT2D eigenvalue weighted by molar-refractivity contribution is -0.123. The van der Waals surface area contributed by atoms with Gasteiger partial charge in [0.15, 0.2) is 0 Å². The second-order valence-corrected chi connectivity index (χ2v) is 5.00. The number of para-hydroxylation sites is 1. The van der Waals surface area contributed by atoms with Gasteiger partial charge in [-0.3, -0.25) is 9.69 Å². The van der Waals surface area contributed by atoms with Crippen LogP contribution in [0.3, 0.4) is 0 Å². The van der Waals surface area contributed by atoms with E-state index in [9.17, 15) is 4.79 Å². The Morgan fingerprint density at radius 1 is 1.37 bits per heavy atom. The number of fused-ring (bicyclic) bond motifs is 1. The molecule has 1 atom stereocenters. The molecule has 1 aromatic carbocycles. The second kappa shape index (κ2) is 5.59. The van der Waals surface area contributed by atoms with Gasteiger partial charge in [-0.15, -0.1) is 0 Å². The molecule has 5 nitrogen and oxygen atoms in total. The highest BCUT2D eigenvalue weighted by Crippen LogP contribution is 2.31. The lowest BCUT2D eigenvalue weighted by Gasteiger charge is -2.26. The molecule has 0 saturated carbocycles. The molecular weight excluding hydrogens is 242 g/mol. The molecule has 0 radical (unpaired) electrons. The minimum absolute atomic E-state index is 0.00776. The van der Waals surface area contributed by atoms with E-state index < -0.39 is 0 Å². The summed E-state index contributed by atoms with van der Waals surface area (Å²) in [5.41, 5.74) is 1.08. The Kier molecular flexibility index (Phi) is 3.66. The quantitative estimate of drug-likeness (QED) is 0.813. The molecule has 2 aliphatic heterocycles. The number of nitrogens with zero attached hydrogens (tertiary/aromatic N) is 1. The molecule has 0 aliphatic carbocycles. The van der Waals surface area contributed by atoms with Crippen LogP contribution in [-0.2, 0) is 4.79 Å². The zero-order valence-electron chi connectivity index (χ0n) is 10.9. The Balaban J connectivity index is 1.55. The molecule has 5 heteroatoms. The molecule has 1 aromatic rings. The van der Waals surface area contributed by atoms with Crippen LogP contribution in [-0.4, -0.2) is 50.1 Å². The van der Waals surface area contributed by atoms with Gasteiger partial charge >= 0.3 is 0 Å². The number of benzene rings is 1. The predicted octanol–water partition coefficient (Wildman–Crippen LogP) is 0.142. The Bertz CT molecular complexity index is 458. The molecule has 1 amide bonds. The van der Waals surface area contributed by atoms with Crippen molar-refractivity contribution in [1.82, 2.24) is 15.5 Å². The normalized spacial score (nSPS) is 22.6. The van der Waals surface area contributed by atoms with Crippen LogP contribution >= 0.6 is 0 Å². The summed E-state index contributed by atoms with van der Waals surface area (Å²) >= 11 is 0. The van der Waals surface area contributed by atoms with Crippen LogP contribution in [0.4, 0.5) is 0 Å². The lowest BCUT2D eigenvalue weighted by Crippen LogP contribution is -2.48. The summed E-state index contributed by atoms with van der Waals surface area (Å²) in [6, 6.07) is 7.87.